The van der Waals surface area contributed by atoms with Crippen LogP contribution in [0.25, 0.3) is 0 Å². The molecule has 2 atom stereocenters. The van der Waals surface area contributed by atoms with E-state index in [2.05, 4.69) is 19.2 Å². The second kappa shape index (κ2) is 6.98. The number of esters is 1. The van der Waals surface area contributed by atoms with E-state index in [9.17, 15) is 4.79 Å². The molecule has 110 valence electrons. The summed E-state index contributed by atoms with van der Waals surface area (Å²) in [5, 5.41) is 3.69. The number of rotatable bonds is 4. The van der Waals surface area contributed by atoms with Crippen molar-refractivity contribution >= 4 is 23.3 Å². The number of anilines is 1. The summed E-state index contributed by atoms with van der Waals surface area (Å²) in [4.78, 5) is 11.9. The van der Waals surface area contributed by atoms with Gasteiger partial charge in [0.2, 0.25) is 0 Å². The zero-order valence-electron chi connectivity index (χ0n) is 12.1. The van der Waals surface area contributed by atoms with Crippen molar-refractivity contribution in [3.63, 3.8) is 0 Å². The van der Waals surface area contributed by atoms with Gasteiger partial charge in [-0.15, -0.1) is 0 Å². The predicted octanol–water partition coefficient (Wildman–Crippen LogP) is 4.12. The maximum atomic E-state index is 11.9. The van der Waals surface area contributed by atoms with Gasteiger partial charge in [0.15, 0.2) is 0 Å². The molecule has 1 saturated carbocycles. The van der Waals surface area contributed by atoms with E-state index < -0.39 is 0 Å². The Labute approximate surface area is 125 Å². The number of nitrogens with one attached hydrogen (secondary N) is 1. The summed E-state index contributed by atoms with van der Waals surface area (Å²) in [7, 11) is 0. The Morgan fingerprint density at radius 2 is 2.00 bits per heavy atom. The molecule has 2 unspecified atom stereocenters. The van der Waals surface area contributed by atoms with E-state index in [4.69, 9.17) is 16.3 Å². The maximum Gasteiger partial charge on any atom is 0.325 e. The molecule has 1 aromatic rings. The minimum Gasteiger partial charge on any atom is -0.461 e. The molecule has 0 bridgehead atoms. The third kappa shape index (κ3) is 4.71. The van der Waals surface area contributed by atoms with Crippen molar-refractivity contribution in [3.05, 3.63) is 29.3 Å². The van der Waals surface area contributed by atoms with Crippen LogP contribution in [0.4, 0.5) is 5.69 Å². The predicted molar refractivity (Wildman–Crippen MR) is 82.0 cm³/mol. The normalized spacial score (nSPS) is 26.1. The lowest BCUT2D eigenvalue weighted by Gasteiger charge is -2.31. The van der Waals surface area contributed by atoms with Gasteiger partial charge in [-0.05, 0) is 49.3 Å². The van der Waals surface area contributed by atoms with Crippen LogP contribution in [0.2, 0.25) is 5.02 Å². The summed E-state index contributed by atoms with van der Waals surface area (Å²) >= 11 is 5.89. The van der Waals surface area contributed by atoms with Crippen LogP contribution in [-0.4, -0.2) is 18.6 Å². The third-order valence-corrected chi connectivity index (χ3v) is 3.93. The third-order valence-electron chi connectivity index (χ3n) is 3.69. The second-order valence-electron chi connectivity index (χ2n) is 5.89. The van der Waals surface area contributed by atoms with Gasteiger partial charge in [0.1, 0.15) is 12.6 Å². The summed E-state index contributed by atoms with van der Waals surface area (Å²) in [5.74, 6) is 1.08. The molecule has 0 aromatic heterocycles. The molecule has 1 aromatic carbocycles. The van der Waals surface area contributed by atoms with E-state index in [1.54, 1.807) is 12.1 Å². The summed E-state index contributed by atoms with van der Waals surface area (Å²) in [6.45, 7) is 4.63. The fourth-order valence-electron chi connectivity index (χ4n) is 2.97. The van der Waals surface area contributed by atoms with Gasteiger partial charge in [0.05, 0.1) is 0 Å². The Bertz CT molecular complexity index is 454. The van der Waals surface area contributed by atoms with Crippen LogP contribution in [-0.2, 0) is 9.53 Å². The number of benzene rings is 1. The SMILES string of the molecule is CC1CC(C)CC(OC(=O)CNc2cccc(Cl)c2)C1. The standard InChI is InChI=1S/C16H22ClNO2/c1-11-6-12(2)8-15(7-11)20-16(19)10-18-14-5-3-4-13(17)9-14/h3-5,9,11-12,15,18H,6-8,10H2,1-2H3. The Kier molecular flexibility index (Phi) is 5.30. The highest BCUT2D eigenvalue weighted by atomic mass is 35.5. The van der Waals surface area contributed by atoms with Crippen molar-refractivity contribution in [1.82, 2.24) is 0 Å². The molecule has 1 N–H and O–H groups in total. The van der Waals surface area contributed by atoms with Crippen molar-refractivity contribution in [2.45, 2.75) is 39.2 Å². The van der Waals surface area contributed by atoms with Gasteiger partial charge < -0.3 is 10.1 Å². The average molecular weight is 296 g/mol. The maximum absolute atomic E-state index is 11.9. The summed E-state index contributed by atoms with van der Waals surface area (Å²) < 4.78 is 5.55. The Morgan fingerprint density at radius 1 is 1.30 bits per heavy atom. The van der Waals surface area contributed by atoms with Gasteiger partial charge in [0, 0.05) is 10.7 Å². The fraction of sp³-hybridized carbons (Fsp3) is 0.562. The minimum atomic E-state index is -0.198. The van der Waals surface area contributed by atoms with Crippen molar-refractivity contribution in [1.29, 1.82) is 0 Å². The van der Waals surface area contributed by atoms with Gasteiger partial charge >= 0.3 is 5.97 Å². The van der Waals surface area contributed by atoms with E-state index in [0.29, 0.717) is 16.9 Å². The summed E-state index contributed by atoms with van der Waals surface area (Å²) in [5.41, 5.74) is 0.833. The van der Waals surface area contributed by atoms with Crippen molar-refractivity contribution < 1.29 is 9.53 Å². The fourth-order valence-corrected chi connectivity index (χ4v) is 3.16. The van der Waals surface area contributed by atoms with Crippen molar-refractivity contribution in [2.75, 3.05) is 11.9 Å². The number of hydrogen-bond acceptors (Lipinski definition) is 3. The van der Waals surface area contributed by atoms with Crippen LogP contribution >= 0.6 is 11.6 Å². The van der Waals surface area contributed by atoms with E-state index in [1.165, 1.54) is 6.42 Å². The average Bonchev–Trinajstić information content (AvgIpc) is 2.35. The van der Waals surface area contributed by atoms with Crippen LogP contribution in [0.5, 0.6) is 0 Å². The molecule has 0 heterocycles. The lowest BCUT2D eigenvalue weighted by Crippen LogP contribution is -2.30. The zero-order valence-corrected chi connectivity index (χ0v) is 12.8. The Hall–Kier alpha value is -1.22. The quantitative estimate of drug-likeness (QED) is 0.849. The second-order valence-corrected chi connectivity index (χ2v) is 6.33. The highest BCUT2D eigenvalue weighted by Crippen LogP contribution is 2.30. The number of ether oxygens (including phenoxy) is 1. The minimum absolute atomic E-state index is 0.0717. The Balaban J connectivity index is 1.78. The molecule has 1 aliphatic carbocycles. The van der Waals surface area contributed by atoms with Crippen LogP contribution in [0.3, 0.4) is 0 Å². The molecule has 2 rings (SSSR count). The molecule has 0 saturated heterocycles. The highest BCUT2D eigenvalue weighted by molar-refractivity contribution is 6.30. The first-order valence-electron chi connectivity index (χ1n) is 7.22. The first-order valence-corrected chi connectivity index (χ1v) is 7.59. The van der Waals surface area contributed by atoms with Gasteiger partial charge in [-0.2, -0.15) is 0 Å². The number of carbonyl (C=O) groups is 1. The number of hydrogen-bond donors (Lipinski definition) is 1. The molecule has 0 amide bonds. The molecular weight excluding hydrogens is 274 g/mol. The monoisotopic (exact) mass is 295 g/mol. The molecular formula is C16H22ClNO2. The molecule has 1 fully saturated rings. The largest absolute Gasteiger partial charge is 0.461 e. The summed E-state index contributed by atoms with van der Waals surface area (Å²) in [6.07, 6.45) is 3.26. The number of halogens is 1. The molecule has 4 heteroatoms. The topological polar surface area (TPSA) is 38.3 Å². The van der Waals surface area contributed by atoms with E-state index in [1.807, 2.05) is 12.1 Å². The van der Waals surface area contributed by atoms with Crippen LogP contribution in [0.1, 0.15) is 33.1 Å². The van der Waals surface area contributed by atoms with E-state index >= 15 is 0 Å². The van der Waals surface area contributed by atoms with Gasteiger partial charge in [0.25, 0.3) is 0 Å². The van der Waals surface area contributed by atoms with Gasteiger partial charge in [-0.3, -0.25) is 4.79 Å². The molecule has 20 heavy (non-hydrogen) atoms. The molecule has 0 spiro atoms. The first kappa shape index (κ1) is 15.2. The molecule has 0 radical (unpaired) electrons. The smallest absolute Gasteiger partial charge is 0.325 e. The van der Waals surface area contributed by atoms with Crippen LogP contribution < -0.4 is 5.32 Å². The van der Waals surface area contributed by atoms with Crippen molar-refractivity contribution in [2.24, 2.45) is 11.8 Å². The first-order chi connectivity index (χ1) is 9.52. The van der Waals surface area contributed by atoms with Gasteiger partial charge in [-0.1, -0.05) is 31.5 Å². The molecule has 1 aliphatic rings. The summed E-state index contributed by atoms with van der Waals surface area (Å²) in [6, 6.07) is 7.32. The van der Waals surface area contributed by atoms with Crippen LogP contribution in [0, 0.1) is 11.8 Å². The van der Waals surface area contributed by atoms with Gasteiger partial charge in [-0.25, -0.2) is 0 Å². The van der Waals surface area contributed by atoms with Crippen LogP contribution in [0.15, 0.2) is 24.3 Å². The number of carbonyl (C=O) groups excluding carboxylic acids is 1. The van der Waals surface area contributed by atoms with E-state index in [-0.39, 0.29) is 18.6 Å². The Morgan fingerprint density at radius 3 is 2.65 bits per heavy atom. The lowest BCUT2D eigenvalue weighted by atomic mass is 9.82. The lowest BCUT2D eigenvalue weighted by molar-refractivity contribution is -0.149. The molecule has 3 nitrogen and oxygen atoms in total. The van der Waals surface area contributed by atoms with E-state index in [0.717, 1.165) is 18.5 Å². The van der Waals surface area contributed by atoms with Crippen molar-refractivity contribution in [3.8, 4) is 0 Å². The molecule has 0 aliphatic heterocycles. The highest BCUT2D eigenvalue weighted by Gasteiger charge is 2.26. The zero-order chi connectivity index (χ0) is 14.5.